The van der Waals surface area contributed by atoms with Gasteiger partial charge < -0.3 is 10.1 Å². The zero-order valence-electron chi connectivity index (χ0n) is 9.83. The van der Waals surface area contributed by atoms with Gasteiger partial charge in [-0.2, -0.15) is 0 Å². The van der Waals surface area contributed by atoms with E-state index in [4.69, 9.17) is 17.0 Å². The summed E-state index contributed by atoms with van der Waals surface area (Å²) in [7, 11) is -2.89. The van der Waals surface area contributed by atoms with Crippen molar-refractivity contribution in [2.45, 2.75) is 19.1 Å². The fraction of sp³-hybridized carbons (Fsp3) is 0.417. The molecule has 0 aliphatic carbocycles. The SMILES string of the molecule is O=S1(=O)CCC(NC(=S)OCc2ccccc2)C1. The lowest BCUT2D eigenvalue weighted by Gasteiger charge is -2.13. The molecule has 1 aliphatic heterocycles. The number of sulfone groups is 1. The number of rotatable bonds is 3. The Morgan fingerprint density at radius 3 is 2.72 bits per heavy atom. The molecule has 0 radical (unpaired) electrons. The zero-order chi connectivity index (χ0) is 13.0. The Morgan fingerprint density at radius 2 is 2.11 bits per heavy atom. The summed E-state index contributed by atoms with van der Waals surface area (Å²) < 4.78 is 27.9. The maximum atomic E-state index is 11.3. The molecule has 98 valence electrons. The smallest absolute Gasteiger partial charge is 0.257 e. The highest BCUT2D eigenvalue weighted by Crippen LogP contribution is 2.11. The second-order valence-corrected chi connectivity index (χ2v) is 6.91. The van der Waals surface area contributed by atoms with Crippen molar-refractivity contribution in [3.8, 4) is 0 Å². The van der Waals surface area contributed by atoms with Crippen molar-refractivity contribution in [1.29, 1.82) is 0 Å². The van der Waals surface area contributed by atoms with E-state index in [-0.39, 0.29) is 22.7 Å². The van der Waals surface area contributed by atoms with E-state index in [1.165, 1.54) is 0 Å². The molecule has 1 saturated heterocycles. The zero-order valence-corrected chi connectivity index (χ0v) is 11.5. The molecule has 1 fully saturated rings. The van der Waals surface area contributed by atoms with E-state index in [9.17, 15) is 8.42 Å². The third-order valence-electron chi connectivity index (χ3n) is 2.77. The molecule has 4 nitrogen and oxygen atoms in total. The Morgan fingerprint density at radius 1 is 1.39 bits per heavy atom. The molecule has 1 aromatic carbocycles. The monoisotopic (exact) mass is 285 g/mol. The fourth-order valence-corrected chi connectivity index (χ4v) is 3.74. The van der Waals surface area contributed by atoms with Crippen LogP contribution in [0.15, 0.2) is 30.3 Å². The lowest BCUT2D eigenvalue weighted by atomic mass is 10.2. The molecule has 2 rings (SSSR count). The van der Waals surface area contributed by atoms with Gasteiger partial charge >= 0.3 is 0 Å². The van der Waals surface area contributed by atoms with Crippen LogP contribution in [-0.4, -0.2) is 31.1 Å². The molecule has 1 aliphatic rings. The fourth-order valence-electron chi connectivity index (χ4n) is 1.84. The summed E-state index contributed by atoms with van der Waals surface area (Å²) in [5.41, 5.74) is 1.03. The van der Waals surface area contributed by atoms with E-state index >= 15 is 0 Å². The number of ether oxygens (including phenoxy) is 1. The van der Waals surface area contributed by atoms with Crippen molar-refractivity contribution in [2.75, 3.05) is 11.5 Å². The Hall–Kier alpha value is -1.14. The topological polar surface area (TPSA) is 55.4 Å². The highest BCUT2D eigenvalue weighted by molar-refractivity contribution is 7.91. The first-order valence-corrected chi connectivity index (χ1v) is 7.96. The van der Waals surface area contributed by atoms with Crippen molar-refractivity contribution in [3.05, 3.63) is 35.9 Å². The van der Waals surface area contributed by atoms with Crippen molar-refractivity contribution >= 4 is 27.2 Å². The summed E-state index contributed by atoms with van der Waals surface area (Å²) in [6.07, 6.45) is 0.594. The number of benzene rings is 1. The van der Waals surface area contributed by atoms with Gasteiger partial charge in [0, 0.05) is 6.04 Å². The Kier molecular flexibility index (Phi) is 4.19. The average molecular weight is 285 g/mol. The predicted molar refractivity (Wildman–Crippen MR) is 74.0 cm³/mol. The highest BCUT2D eigenvalue weighted by Gasteiger charge is 2.28. The molecule has 1 N–H and O–H groups in total. The molecule has 6 heteroatoms. The molecule has 0 spiro atoms. The average Bonchev–Trinajstić information content (AvgIpc) is 2.67. The first-order chi connectivity index (χ1) is 8.55. The summed E-state index contributed by atoms with van der Waals surface area (Å²) in [6, 6.07) is 9.57. The molecule has 1 heterocycles. The summed E-state index contributed by atoms with van der Waals surface area (Å²) in [4.78, 5) is 0. The molecule has 1 atom stereocenters. The van der Waals surface area contributed by atoms with Crippen LogP contribution < -0.4 is 5.32 Å². The van der Waals surface area contributed by atoms with Gasteiger partial charge in [-0.15, -0.1) is 0 Å². The largest absolute Gasteiger partial charge is 0.466 e. The normalized spacial score (nSPS) is 21.4. The molecule has 0 amide bonds. The maximum absolute atomic E-state index is 11.3. The molecule has 0 aromatic heterocycles. The summed E-state index contributed by atoms with van der Waals surface area (Å²) in [5, 5.41) is 3.20. The number of hydrogen-bond donors (Lipinski definition) is 1. The quantitative estimate of drug-likeness (QED) is 0.848. The molecule has 1 aromatic rings. The van der Waals surface area contributed by atoms with Gasteiger partial charge in [-0.3, -0.25) is 0 Å². The predicted octanol–water partition coefficient (Wildman–Crippen LogP) is 1.26. The van der Waals surface area contributed by atoms with Crippen molar-refractivity contribution in [2.24, 2.45) is 0 Å². The van der Waals surface area contributed by atoms with Crippen molar-refractivity contribution in [3.63, 3.8) is 0 Å². The van der Waals surface area contributed by atoms with E-state index in [0.29, 0.717) is 13.0 Å². The van der Waals surface area contributed by atoms with Gasteiger partial charge in [0.2, 0.25) is 0 Å². The lowest BCUT2D eigenvalue weighted by Crippen LogP contribution is -2.35. The Bertz CT molecular complexity index is 513. The third kappa shape index (κ3) is 3.96. The Labute approximate surface area is 112 Å². The van der Waals surface area contributed by atoms with E-state index in [1.54, 1.807) is 0 Å². The van der Waals surface area contributed by atoms with Crippen LogP contribution in [0.4, 0.5) is 0 Å². The number of thiocarbonyl (C=S) groups is 1. The molecular weight excluding hydrogens is 270 g/mol. The van der Waals surface area contributed by atoms with Crippen LogP contribution in [0.5, 0.6) is 0 Å². The van der Waals surface area contributed by atoms with Gasteiger partial charge in [-0.1, -0.05) is 30.3 Å². The van der Waals surface area contributed by atoms with Crippen LogP contribution in [-0.2, 0) is 21.2 Å². The minimum atomic E-state index is -2.89. The van der Waals surface area contributed by atoms with Gasteiger partial charge in [-0.05, 0) is 24.2 Å². The number of nitrogens with one attached hydrogen (secondary N) is 1. The minimum absolute atomic E-state index is 0.113. The molecule has 0 bridgehead atoms. The van der Waals surface area contributed by atoms with E-state index in [0.717, 1.165) is 5.56 Å². The van der Waals surface area contributed by atoms with Crippen molar-refractivity contribution in [1.82, 2.24) is 5.32 Å². The second kappa shape index (κ2) is 5.67. The summed E-state index contributed by atoms with van der Waals surface area (Å²) in [5.74, 6) is 0.369. The van der Waals surface area contributed by atoms with Crippen LogP contribution in [0, 0.1) is 0 Å². The van der Waals surface area contributed by atoms with Crippen LogP contribution >= 0.6 is 12.2 Å². The third-order valence-corrected chi connectivity index (χ3v) is 4.77. The first kappa shape index (κ1) is 13.3. The standard InChI is InChI=1S/C12H15NO3S2/c14-18(15)7-6-11(9-18)13-12(17)16-8-10-4-2-1-3-5-10/h1-5,11H,6-9H2,(H,13,17). The van der Waals surface area contributed by atoms with Crippen LogP contribution in [0.2, 0.25) is 0 Å². The van der Waals surface area contributed by atoms with Gasteiger partial charge in [0.25, 0.3) is 5.17 Å². The van der Waals surface area contributed by atoms with Gasteiger partial charge in [-0.25, -0.2) is 8.42 Å². The molecular formula is C12H15NO3S2. The van der Waals surface area contributed by atoms with Gasteiger partial charge in [0.15, 0.2) is 9.84 Å². The number of hydrogen-bond acceptors (Lipinski definition) is 4. The van der Waals surface area contributed by atoms with Gasteiger partial charge in [0.05, 0.1) is 11.5 Å². The maximum Gasteiger partial charge on any atom is 0.257 e. The van der Waals surface area contributed by atoms with Gasteiger partial charge in [0.1, 0.15) is 6.61 Å². The second-order valence-electron chi connectivity index (χ2n) is 4.31. The molecule has 1 unspecified atom stereocenters. The van der Waals surface area contributed by atoms with E-state index < -0.39 is 9.84 Å². The lowest BCUT2D eigenvalue weighted by molar-refractivity contribution is 0.282. The van der Waals surface area contributed by atoms with Crippen LogP contribution in [0.25, 0.3) is 0 Å². The van der Waals surface area contributed by atoms with Crippen LogP contribution in [0.3, 0.4) is 0 Å². The summed E-state index contributed by atoms with van der Waals surface area (Å²) in [6.45, 7) is 0.395. The van der Waals surface area contributed by atoms with E-state index in [2.05, 4.69) is 5.32 Å². The molecule has 0 saturated carbocycles. The molecule has 18 heavy (non-hydrogen) atoms. The van der Waals surface area contributed by atoms with Crippen LogP contribution in [0.1, 0.15) is 12.0 Å². The Balaban J connectivity index is 1.76. The highest BCUT2D eigenvalue weighted by atomic mass is 32.2. The van der Waals surface area contributed by atoms with E-state index in [1.807, 2.05) is 30.3 Å². The first-order valence-electron chi connectivity index (χ1n) is 5.73. The minimum Gasteiger partial charge on any atom is -0.466 e. The van der Waals surface area contributed by atoms with Crippen molar-refractivity contribution < 1.29 is 13.2 Å². The summed E-state index contributed by atoms with van der Waals surface area (Å²) >= 11 is 5.04.